The first-order valence-corrected chi connectivity index (χ1v) is 5.16. The zero-order chi connectivity index (χ0) is 10.4. The zero-order valence-corrected chi connectivity index (χ0v) is 8.71. The van der Waals surface area contributed by atoms with Crippen molar-refractivity contribution in [2.45, 2.75) is 50.7 Å². The van der Waals surface area contributed by atoms with Crippen LogP contribution < -0.4 is 0 Å². The van der Waals surface area contributed by atoms with Crippen LogP contribution in [0, 0.1) is 5.92 Å². The topological polar surface area (TPSA) is 43.4 Å². The van der Waals surface area contributed by atoms with Gasteiger partial charge in [-0.15, -0.1) is 0 Å². The highest BCUT2D eigenvalue weighted by molar-refractivity contribution is 5.86. The predicted molar refractivity (Wildman–Crippen MR) is 50.9 cm³/mol. The predicted octanol–water partition coefficient (Wildman–Crippen LogP) is 1.49. The van der Waals surface area contributed by atoms with Gasteiger partial charge in [-0.25, -0.2) is 0 Å². The summed E-state index contributed by atoms with van der Waals surface area (Å²) in [6.45, 7) is 3.96. The minimum atomic E-state index is -0.384. The molecule has 14 heavy (non-hydrogen) atoms. The number of hydrogen-bond donors (Lipinski definition) is 0. The average molecular weight is 196 g/mol. The van der Waals surface area contributed by atoms with Crippen molar-refractivity contribution in [3.8, 4) is 0 Å². The van der Waals surface area contributed by atoms with Gasteiger partial charge >= 0.3 is 0 Å². The molecule has 0 aromatic rings. The van der Waals surface area contributed by atoms with Gasteiger partial charge in [-0.05, 0) is 26.7 Å². The molecular formula is C11H16O3. The second kappa shape index (κ2) is 2.89. The van der Waals surface area contributed by atoms with Crippen LogP contribution >= 0.6 is 0 Å². The molecule has 3 nitrogen and oxygen atoms in total. The largest absolute Gasteiger partial charge is 0.368 e. The molecule has 0 N–H and O–H groups in total. The van der Waals surface area contributed by atoms with Gasteiger partial charge in [-0.2, -0.15) is 0 Å². The number of carbonyl (C=O) groups is 2. The van der Waals surface area contributed by atoms with Crippen molar-refractivity contribution in [3.05, 3.63) is 0 Å². The summed E-state index contributed by atoms with van der Waals surface area (Å²) in [5.41, 5.74) is -0.643. The van der Waals surface area contributed by atoms with Crippen LogP contribution in [0.3, 0.4) is 0 Å². The van der Waals surface area contributed by atoms with Gasteiger partial charge in [0.1, 0.15) is 12.1 Å². The Bertz CT molecular complexity index is 286. The van der Waals surface area contributed by atoms with Crippen molar-refractivity contribution >= 4 is 12.1 Å². The summed E-state index contributed by atoms with van der Waals surface area (Å²) in [5.74, 6) is -0.0126. The number of ketones is 1. The fourth-order valence-electron chi connectivity index (χ4n) is 2.86. The number of hydrogen-bond acceptors (Lipinski definition) is 3. The summed E-state index contributed by atoms with van der Waals surface area (Å²) >= 11 is 0. The number of fused-ring (bicyclic) bond motifs is 2. The van der Waals surface area contributed by atoms with E-state index in [0.29, 0.717) is 12.8 Å². The van der Waals surface area contributed by atoms with Crippen molar-refractivity contribution < 1.29 is 14.3 Å². The standard InChI is InChI=1S/C11H16O3/c1-10-4-5-11(2,14-10)8(3-6-12)9(13)7-10/h6,8H,3-5,7H2,1-2H3/t8-,10?,11?/m1/s1. The molecule has 3 atom stereocenters. The summed E-state index contributed by atoms with van der Waals surface area (Å²) in [6.07, 6.45) is 3.45. The highest BCUT2D eigenvalue weighted by Crippen LogP contribution is 2.49. The van der Waals surface area contributed by atoms with Gasteiger partial charge in [0.05, 0.1) is 17.1 Å². The van der Waals surface area contributed by atoms with Crippen molar-refractivity contribution in [1.82, 2.24) is 0 Å². The summed E-state index contributed by atoms with van der Waals surface area (Å²) in [4.78, 5) is 22.3. The van der Waals surface area contributed by atoms with E-state index in [1.54, 1.807) is 0 Å². The summed E-state index contributed by atoms with van der Waals surface area (Å²) in [7, 11) is 0. The molecule has 0 spiro atoms. The molecule has 2 aliphatic rings. The van der Waals surface area contributed by atoms with Crippen molar-refractivity contribution in [2.24, 2.45) is 5.92 Å². The average Bonchev–Trinajstić information content (AvgIpc) is 2.34. The first-order valence-electron chi connectivity index (χ1n) is 5.16. The first-order chi connectivity index (χ1) is 6.49. The Morgan fingerprint density at radius 3 is 2.86 bits per heavy atom. The van der Waals surface area contributed by atoms with Gasteiger partial charge in [0, 0.05) is 12.8 Å². The van der Waals surface area contributed by atoms with Crippen molar-refractivity contribution in [2.75, 3.05) is 0 Å². The van der Waals surface area contributed by atoms with E-state index in [9.17, 15) is 9.59 Å². The third-order valence-electron chi connectivity index (χ3n) is 3.64. The molecule has 0 saturated carbocycles. The number of aldehydes is 1. The quantitative estimate of drug-likeness (QED) is 0.628. The lowest BCUT2D eigenvalue weighted by Crippen LogP contribution is -2.48. The molecule has 0 radical (unpaired) electrons. The second-order valence-electron chi connectivity index (χ2n) is 4.96. The van der Waals surface area contributed by atoms with E-state index in [0.717, 1.165) is 19.1 Å². The fraction of sp³-hybridized carbons (Fsp3) is 0.818. The number of ether oxygens (including phenoxy) is 1. The second-order valence-corrected chi connectivity index (χ2v) is 4.96. The maximum atomic E-state index is 11.8. The van der Waals surface area contributed by atoms with E-state index in [1.807, 2.05) is 13.8 Å². The number of Topliss-reactive ketones (excluding diaryl/α,β-unsaturated/α-hetero) is 1. The normalized spacial score (nSPS) is 46.7. The molecule has 0 amide bonds. The van der Waals surface area contributed by atoms with E-state index in [4.69, 9.17) is 4.74 Å². The minimum absolute atomic E-state index is 0.200. The molecule has 2 rings (SSSR count). The molecule has 2 fully saturated rings. The van der Waals surface area contributed by atoms with Crippen LogP contribution in [0.1, 0.15) is 39.5 Å². The number of rotatable bonds is 2. The number of carbonyl (C=O) groups excluding carboxylic acids is 2. The monoisotopic (exact) mass is 196 g/mol. The van der Waals surface area contributed by atoms with Crippen LogP contribution in [0.15, 0.2) is 0 Å². The Balaban J connectivity index is 2.27. The molecule has 0 aromatic carbocycles. The molecule has 0 aliphatic carbocycles. The van der Waals surface area contributed by atoms with E-state index >= 15 is 0 Å². The molecule has 2 bridgehead atoms. The lowest BCUT2D eigenvalue weighted by atomic mass is 9.80. The minimum Gasteiger partial charge on any atom is -0.368 e. The van der Waals surface area contributed by atoms with Crippen LogP contribution in [0.5, 0.6) is 0 Å². The van der Waals surface area contributed by atoms with Gasteiger partial charge in [-0.1, -0.05) is 0 Å². The van der Waals surface area contributed by atoms with E-state index < -0.39 is 0 Å². The molecule has 3 heteroatoms. The molecule has 2 aliphatic heterocycles. The Kier molecular flexibility index (Phi) is 2.03. The van der Waals surface area contributed by atoms with Crippen LogP contribution in [0.25, 0.3) is 0 Å². The Hall–Kier alpha value is -0.700. The van der Waals surface area contributed by atoms with E-state index in [1.165, 1.54) is 0 Å². The van der Waals surface area contributed by atoms with Crippen molar-refractivity contribution in [1.29, 1.82) is 0 Å². The Labute approximate surface area is 83.8 Å². The molecule has 78 valence electrons. The fourth-order valence-corrected chi connectivity index (χ4v) is 2.86. The van der Waals surface area contributed by atoms with Gasteiger partial charge in [0.25, 0.3) is 0 Å². The van der Waals surface area contributed by atoms with Crippen LogP contribution in [-0.4, -0.2) is 23.3 Å². The van der Waals surface area contributed by atoms with Gasteiger partial charge in [0.15, 0.2) is 0 Å². The summed E-state index contributed by atoms with van der Waals surface area (Å²) < 4.78 is 5.93. The summed E-state index contributed by atoms with van der Waals surface area (Å²) in [6, 6.07) is 0. The SMILES string of the molecule is CC12CCC(C)(O1)[C@H](CC=O)C(=O)C2. The first kappa shape index (κ1) is 9.84. The Morgan fingerprint density at radius 1 is 1.50 bits per heavy atom. The molecule has 2 heterocycles. The Morgan fingerprint density at radius 2 is 2.21 bits per heavy atom. The maximum absolute atomic E-state index is 11.8. The third kappa shape index (κ3) is 1.31. The highest BCUT2D eigenvalue weighted by atomic mass is 16.5. The smallest absolute Gasteiger partial charge is 0.142 e. The summed E-state index contributed by atoms with van der Waals surface area (Å²) in [5, 5.41) is 0. The van der Waals surface area contributed by atoms with Gasteiger partial charge in [0.2, 0.25) is 0 Å². The van der Waals surface area contributed by atoms with Crippen LogP contribution in [0.4, 0.5) is 0 Å². The lowest BCUT2D eigenvalue weighted by molar-refractivity contribution is -0.171. The van der Waals surface area contributed by atoms with Gasteiger partial charge in [-0.3, -0.25) is 4.79 Å². The highest BCUT2D eigenvalue weighted by Gasteiger charge is 2.55. The van der Waals surface area contributed by atoms with Gasteiger partial charge < -0.3 is 9.53 Å². The van der Waals surface area contributed by atoms with E-state index in [2.05, 4.69) is 0 Å². The van der Waals surface area contributed by atoms with Crippen LogP contribution in [-0.2, 0) is 14.3 Å². The lowest BCUT2D eigenvalue weighted by Gasteiger charge is -2.40. The zero-order valence-electron chi connectivity index (χ0n) is 8.71. The molecule has 2 saturated heterocycles. The molecular weight excluding hydrogens is 180 g/mol. The maximum Gasteiger partial charge on any atom is 0.142 e. The third-order valence-corrected chi connectivity index (χ3v) is 3.64. The van der Waals surface area contributed by atoms with E-state index in [-0.39, 0.29) is 22.9 Å². The molecule has 2 unspecified atom stereocenters. The molecule has 0 aromatic heterocycles. The van der Waals surface area contributed by atoms with Crippen molar-refractivity contribution in [3.63, 3.8) is 0 Å². The van der Waals surface area contributed by atoms with Crippen LogP contribution in [0.2, 0.25) is 0 Å².